The number of hydrazone groups is 1. The summed E-state index contributed by atoms with van der Waals surface area (Å²) >= 11 is 12.2. The van der Waals surface area contributed by atoms with Gasteiger partial charge in [0.15, 0.2) is 0 Å². The third kappa shape index (κ3) is 5.90. The Hall–Kier alpha value is -3.47. The first-order valence-corrected chi connectivity index (χ1v) is 11.9. The SMILES string of the molecule is C/C(=N/NC(=O)CN(c1ccc(Cl)cc1Cl)S(=O)(=O)c1ccccc1)c1cccc([N+](=O)[O-])c1. The lowest BCUT2D eigenvalue weighted by Crippen LogP contribution is -2.40. The number of hydrogen-bond donors (Lipinski definition) is 1. The Morgan fingerprint density at radius 3 is 2.41 bits per heavy atom. The van der Waals surface area contributed by atoms with Gasteiger partial charge in [0.2, 0.25) is 0 Å². The predicted molar refractivity (Wildman–Crippen MR) is 131 cm³/mol. The molecule has 0 atom stereocenters. The summed E-state index contributed by atoms with van der Waals surface area (Å²) in [7, 11) is -4.17. The fourth-order valence-electron chi connectivity index (χ4n) is 2.92. The number of rotatable bonds is 8. The van der Waals surface area contributed by atoms with Crippen LogP contribution in [0.25, 0.3) is 0 Å². The maximum absolute atomic E-state index is 13.3. The van der Waals surface area contributed by atoms with Gasteiger partial charge in [0.25, 0.3) is 21.6 Å². The summed E-state index contributed by atoms with van der Waals surface area (Å²) in [5.74, 6) is -0.754. The van der Waals surface area contributed by atoms with Crippen LogP contribution in [0.1, 0.15) is 12.5 Å². The zero-order chi connectivity index (χ0) is 24.9. The first-order chi connectivity index (χ1) is 16.1. The third-order valence-electron chi connectivity index (χ3n) is 4.62. The Kier molecular flexibility index (Phi) is 7.87. The van der Waals surface area contributed by atoms with Crippen LogP contribution in [-0.4, -0.2) is 31.5 Å². The van der Waals surface area contributed by atoms with Crippen LogP contribution < -0.4 is 9.73 Å². The fraction of sp³-hybridized carbons (Fsp3) is 0.0909. The van der Waals surface area contributed by atoms with Crippen molar-refractivity contribution in [2.45, 2.75) is 11.8 Å². The van der Waals surface area contributed by atoms with E-state index in [0.29, 0.717) is 16.3 Å². The van der Waals surface area contributed by atoms with Gasteiger partial charge in [0, 0.05) is 22.7 Å². The number of non-ortho nitro benzene ring substituents is 1. The van der Waals surface area contributed by atoms with Crippen molar-refractivity contribution < 1.29 is 18.1 Å². The number of sulfonamides is 1. The number of nitrogens with one attached hydrogen (secondary N) is 1. The Morgan fingerprint density at radius 1 is 1.06 bits per heavy atom. The first-order valence-electron chi connectivity index (χ1n) is 9.70. The van der Waals surface area contributed by atoms with E-state index in [1.54, 1.807) is 31.2 Å². The highest BCUT2D eigenvalue weighted by molar-refractivity contribution is 7.92. The lowest BCUT2D eigenvalue weighted by Gasteiger charge is -2.24. The van der Waals surface area contributed by atoms with Gasteiger partial charge < -0.3 is 0 Å². The van der Waals surface area contributed by atoms with E-state index in [2.05, 4.69) is 10.5 Å². The van der Waals surface area contributed by atoms with E-state index >= 15 is 0 Å². The average Bonchev–Trinajstić information content (AvgIpc) is 2.82. The largest absolute Gasteiger partial charge is 0.271 e. The van der Waals surface area contributed by atoms with Crippen molar-refractivity contribution in [3.63, 3.8) is 0 Å². The number of nitro benzene ring substituents is 1. The topological polar surface area (TPSA) is 122 Å². The van der Waals surface area contributed by atoms with Gasteiger partial charge in [-0.15, -0.1) is 0 Å². The normalized spacial score (nSPS) is 11.7. The molecule has 176 valence electrons. The number of nitro groups is 1. The van der Waals surface area contributed by atoms with Crippen LogP contribution in [0.4, 0.5) is 11.4 Å². The molecule has 0 aliphatic heterocycles. The molecule has 0 radical (unpaired) electrons. The number of carbonyl (C=O) groups is 1. The smallest absolute Gasteiger partial charge is 0.270 e. The van der Waals surface area contributed by atoms with Crippen molar-refractivity contribution in [1.82, 2.24) is 5.43 Å². The van der Waals surface area contributed by atoms with Crippen molar-refractivity contribution >= 4 is 56.2 Å². The number of hydrogen-bond acceptors (Lipinski definition) is 6. The number of nitrogens with zero attached hydrogens (tertiary/aromatic N) is 3. The molecule has 0 fully saturated rings. The Balaban J connectivity index is 1.89. The predicted octanol–water partition coefficient (Wildman–Crippen LogP) is 4.64. The van der Waals surface area contributed by atoms with E-state index in [0.717, 1.165) is 4.31 Å². The maximum Gasteiger partial charge on any atom is 0.270 e. The van der Waals surface area contributed by atoms with Gasteiger partial charge in [-0.1, -0.05) is 53.5 Å². The summed E-state index contributed by atoms with van der Waals surface area (Å²) < 4.78 is 27.5. The molecule has 0 aliphatic carbocycles. The summed E-state index contributed by atoms with van der Waals surface area (Å²) in [5, 5.41) is 15.3. The lowest BCUT2D eigenvalue weighted by atomic mass is 10.1. The van der Waals surface area contributed by atoms with Crippen LogP contribution in [-0.2, 0) is 14.8 Å². The van der Waals surface area contributed by atoms with E-state index in [1.807, 2.05) is 0 Å². The molecule has 0 aromatic heterocycles. The summed E-state index contributed by atoms with van der Waals surface area (Å²) in [5.41, 5.74) is 2.93. The van der Waals surface area contributed by atoms with E-state index in [9.17, 15) is 23.3 Å². The third-order valence-corrected chi connectivity index (χ3v) is 6.93. The minimum Gasteiger partial charge on any atom is -0.271 e. The monoisotopic (exact) mass is 520 g/mol. The molecule has 3 aromatic rings. The molecule has 9 nitrogen and oxygen atoms in total. The van der Waals surface area contributed by atoms with Gasteiger partial charge in [-0.05, 0) is 37.3 Å². The minimum absolute atomic E-state index is 0.0370. The van der Waals surface area contributed by atoms with E-state index in [1.165, 1.54) is 48.5 Å². The first kappa shape index (κ1) is 25.2. The molecule has 0 saturated heterocycles. The zero-order valence-electron chi connectivity index (χ0n) is 17.7. The van der Waals surface area contributed by atoms with Crippen LogP contribution in [0.3, 0.4) is 0 Å². The molecular formula is C22H18Cl2N4O5S. The van der Waals surface area contributed by atoms with E-state index in [-0.39, 0.29) is 21.3 Å². The van der Waals surface area contributed by atoms with Crippen molar-refractivity contribution in [3.8, 4) is 0 Å². The lowest BCUT2D eigenvalue weighted by molar-refractivity contribution is -0.384. The van der Waals surface area contributed by atoms with Crippen LogP contribution in [0.5, 0.6) is 0 Å². The highest BCUT2D eigenvalue weighted by Gasteiger charge is 2.28. The van der Waals surface area contributed by atoms with Gasteiger partial charge in [0.05, 0.1) is 26.2 Å². The minimum atomic E-state index is -4.17. The second kappa shape index (κ2) is 10.6. The second-order valence-corrected chi connectivity index (χ2v) is 9.67. The van der Waals surface area contributed by atoms with Crippen LogP contribution >= 0.6 is 23.2 Å². The quantitative estimate of drug-likeness (QED) is 0.263. The molecule has 3 aromatic carbocycles. The van der Waals surface area contributed by atoms with Gasteiger partial charge in [-0.2, -0.15) is 5.10 Å². The summed E-state index contributed by atoms with van der Waals surface area (Å²) in [4.78, 5) is 23.1. The summed E-state index contributed by atoms with van der Waals surface area (Å²) in [6, 6.07) is 17.5. The number of carbonyl (C=O) groups excluding carboxylic acids is 1. The van der Waals surface area contributed by atoms with E-state index < -0.39 is 27.4 Å². The number of halogens is 2. The van der Waals surface area contributed by atoms with Crippen molar-refractivity contribution in [3.05, 3.63) is 98.5 Å². The molecule has 1 N–H and O–H groups in total. The zero-order valence-corrected chi connectivity index (χ0v) is 20.0. The molecule has 1 amide bonds. The molecule has 0 bridgehead atoms. The van der Waals surface area contributed by atoms with Crippen molar-refractivity contribution in [2.24, 2.45) is 5.10 Å². The number of amides is 1. The molecule has 0 spiro atoms. The maximum atomic E-state index is 13.3. The van der Waals surface area contributed by atoms with Crippen LogP contribution in [0.15, 0.2) is 82.8 Å². The van der Waals surface area contributed by atoms with Gasteiger partial charge in [-0.25, -0.2) is 13.8 Å². The van der Waals surface area contributed by atoms with E-state index in [4.69, 9.17) is 23.2 Å². The standard InChI is InChI=1S/C22H18Cl2N4O5S/c1-15(16-6-5-7-18(12-16)28(30)31)25-26-22(29)14-27(21-11-10-17(23)13-20(21)24)34(32,33)19-8-3-2-4-9-19/h2-13H,14H2,1H3,(H,26,29)/b25-15-. The molecule has 0 heterocycles. The van der Waals surface area contributed by atoms with Crippen LogP contribution in [0, 0.1) is 10.1 Å². The van der Waals surface area contributed by atoms with Gasteiger partial charge >= 0.3 is 0 Å². The van der Waals surface area contributed by atoms with Gasteiger partial charge in [0.1, 0.15) is 6.54 Å². The molecule has 3 rings (SSSR count). The molecule has 12 heteroatoms. The molecular weight excluding hydrogens is 503 g/mol. The Bertz CT molecular complexity index is 1360. The fourth-order valence-corrected chi connectivity index (χ4v) is 4.95. The molecule has 0 unspecified atom stereocenters. The van der Waals surface area contributed by atoms with Crippen molar-refractivity contribution in [1.29, 1.82) is 0 Å². The number of anilines is 1. The summed E-state index contributed by atoms with van der Waals surface area (Å²) in [6.07, 6.45) is 0. The Labute approximate surface area is 205 Å². The highest BCUT2D eigenvalue weighted by atomic mass is 35.5. The molecule has 0 saturated carbocycles. The van der Waals surface area contributed by atoms with Crippen molar-refractivity contribution in [2.75, 3.05) is 10.8 Å². The molecule has 0 aliphatic rings. The number of benzene rings is 3. The average molecular weight is 521 g/mol. The second-order valence-electron chi connectivity index (χ2n) is 6.96. The molecule has 34 heavy (non-hydrogen) atoms. The van der Waals surface area contributed by atoms with Gasteiger partial charge in [-0.3, -0.25) is 19.2 Å². The Morgan fingerprint density at radius 2 is 1.76 bits per heavy atom. The highest BCUT2D eigenvalue weighted by Crippen LogP contribution is 2.32. The summed E-state index contributed by atoms with van der Waals surface area (Å²) in [6.45, 7) is 0.915. The van der Waals surface area contributed by atoms with Crippen LogP contribution in [0.2, 0.25) is 10.0 Å².